The van der Waals surface area contributed by atoms with Gasteiger partial charge in [0.15, 0.2) is 0 Å². The minimum absolute atomic E-state index is 0.00684. The van der Waals surface area contributed by atoms with Crippen LogP contribution in [0.1, 0.15) is 0 Å². The Bertz CT molecular complexity index is 1120. The normalized spacial score (nSPS) is 28.6. The highest BCUT2D eigenvalue weighted by Crippen LogP contribution is 2.66. The van der Waals surface area contributed by atoms with Crippen molar-refractivity contribution in [3.05, 3.63) is 23.8 Å². The van der Waals surface area contributed by atoms with Crippen LogP contribution in [0.5, 0.6) is 0 Å². The van der Waals surface area contributed by atoms with E-state index in [1.54, 1.807) is 4.74 Å². The number of nitrogens with one attached hydrogen (secondary N) is 1. The van der Waals surface area contributed by atoms with E-state index in [0.717, 1.165) is 0 Å². The van der Waals surface area contributed by atoms with Crippen LogP contribution in [0, 0.1) is 0 Å². The highest BCUT2D eigenvalue weighted by Gasteiger charge is 2.98. The standard InChI is InChI=1S/C14H6F18N2O5S/c15-6(9(18,19)20,5(35)33-3-1-2-4-40(36,37)38)12(27,28)34-13(29,30)7(16,10(21,22)23)39-8(17,11(24,25)26)14(34,31)32/h1-4H,(H,33,35)(H,36,37,38)/b3-1+,4-2+. The minimum atomic E-state index is -8.49. The van der Waals surface area contributed by atoms with Crippen molar-refractivity contribution < 1.29 is 102 Å². The summed E-state index contributed by atoms with van der Waals surface area (Å²) in [4.78, 5) is 6.86. The molecule has 1 saturated heterocycles. The molecule has 40 heavy (non-hydrogen) atoms. The summed E-state index contributed by atoms with van der Waals surface area (Å²) in [6.45, 7) is 0. The molecule has 1 fully saturated rings. The summed E-state index contributed by atoms with van der Waals surface area (Å²) >= 11 is 0. The fourth-order valence-corrected chi connectivity index (χ4v) is 2.89. The van der Waals surface area contributed by atoms with Crippen molar-refractivity contribution in [3.8, 4) is 0 Å². The number of alkyl halides is 18. The molecule has 0 radical (unpaired) electrons. The molecule has 3 unspecified atom stereocenters. The van der Waals surface area contributed by atoms with Crippen molar-refractivity contribution in [2.45, 2.75) is 54.0 Å². The summed E-state index contributed by atoms with van der Waals surface area (Å²) in [5.41, 5.74) is -7.81. The van der Waals surface area contributed by atoms with Crippen molar-refractivity contribution >= 4 is 16.0 Å². The van der Waals surface area contributed by atoms with E-state index in [9.17, 15) is 92.2 Å². The predicted molar refractivity (Wildman–Crippen MR) is 85.4 cm³/mol. The molecule has 0 aromatic heterocycles. The van der Waals surface area contributed by atoms with Gasteiger partial charge in [-0.3, -0.25) is 14.1 Å². The number of amides is 1. The molecule has 0 bridgehead atoms. The number of carbonyl (C=O) groups excluding carboxylic acids is 1. The molecule has 0 saturated carbocycles. The van der Waals surface area contributed by atoms with E-state index in [0.29, 0.717) is 0 Å². The van der Waals surface area contributed by atoms with Gasteiger partial charge in [-0.25, -0.2) is 4.39 Å². The first-order chi connectivity index (χ1) is 17.2. The van der Waals surface area contributed by atoms with E-state index < -0.39 is 81.2 Å². The molecular weight excluding hydrogens is 650 g/mol. The smallest absolute Gasteiger partial charge is 0.329 e. The number of nitrogens with zero attached hydrogens (tertiary/aromatic N) is 1. The molecular formula is C14H6F18N2O5S. The van der Waals surface area contributed by atoms with Gasteiger partial charge in [-0.05, 0) is 12.2 Å². The number of halogens is 18. The number of rotatable bonds is 6. The molecule has 1 aliphatic rings. The highest BCUT2D eigenvalue weighted by molar-refractivity contribution is 7.88. The topological polar surface area (TPSA) is 95.9 Å². The Balaban J connectivity index is 4.05. The first-order valence-corrected chi connectivity index (χ1v) is 10.2. The molecule has 0 aromatic carbocycles. The maximum absolute atomic E-state index is 14.7. The zero-order valence-electron chi connectivity index (χ0n) is 17.5. The number of ether oxygens (including phenoxy) is 1. The number of hydrogen-bond donors (Lipinski definition) is 2. The van der Waals surface area contributed by atoms with E-state index >= 15 is 0 Å². The van der Waals surface area contributed by atoms with E-state index in [2.05, 4.69) is 0 Å². The van der Waals surface area contributed by atoms with Gasteiger partial charge in [0.1, 0.15) is 0 Å². The molecule has 26 heteroatoms. The van der Waals surface area contributed by atoms with Gasteiger partial charge in [0, 0.05) is 6.20 Å². The van der Waals surface area contributed by atoms with Crippen molar-refractivity contribution in [1.29, 1.82) is 0 Å². The van der Waals surface area contributed by atoms with Gasteiger partial charge in [0.05, 0.1) is 5.41 Å². The fraction of sp³-hybridized carbons (Fsp3) is 0.643. The quantitative estimate of drug-likeness (QED) is 0.184. The molecule has 0 spiro atoms. The van der Waals surface area contributed by atoms with Gasteiger partial charge in [-0.2, -0.15) is 83.1 Å². The molecule has 234 valence electrons. The second-order valence-electron chi connectivity index (χ2n) is 7.08. The molecule has 7 nitrogen and oxygen atoms in total. The zero-order valence-corrected chi connectivity index (χ0v) is 18.4. The Morgan fingerprint density at radius 2 is 1.12 bits per heavy atom. The van der Waals surface area contributed by atoms with Crippen LogP contribution >= 0.6 is 0 Å². The van der Waals surface area contributed by atoms with Crippen LogP contribution in [-0.4, -0.2) is 77.8 Å². The van der Waals surface area contributed by atoms with E-state index in [1.165, 1.54) is 0 Å². The van der Waals surface area contributed by atoms with Gasteiger partial charge < -0.3 is 5.32 Å². The Morgan fingerprint density at radius 3 is 1.43 bits per heavy atom. The van der Waals surface area contributed by atoms with Crippen LogP contribution in [0.3, 0.4) is 0 Å². The molecule has 2 N–H and O–H groups in total. The summed E-state index contributed by atoms with van der Waals surface area (Å²) in [6, 6.07) is -25.1. The van der Waals surface area contributed by atoms with Crippen LogP contribution in [0.4, 0.5) is 79.0 Å². The van der Waals surface area contributed by atoms with Crippen LogP contribution < -0.4 is 5.32 Å². The van der Waals surface area contributed by atoms with Crippen molar-refractivity contribution in [2.24, 2.45) is 0 Å². The van der Waals surface area contributed by atoms with Gasteiger partial charge in [-0.15, -0.1) is 4.90 Å². The van der Waals surface area contributed by atoms with Gasteiger partial charge in [-0.1, -0.05) is 0 Å². The van der Waals surface area contributed by atoms with Crippen molar-refractivity contribution in [3.63, 3.8) is 0 Å². The lowest BCUT2D eigenvalue weighted by Gasteiger charge is -2.55. The predicted octanol–water partition coefficient (Wildman–Crippen LogP) is 4.86. The average Bonchev–Trinajstić information content (AvgIpc) is 2.67. The van der Waals surface area contributed by atoms with Gasteiger partial charge >= 0.3 is 54.0 Å². The summed E-state index contributed by atoms with van der Waals surface area (Å²) < 4.78 is 277. The lowest BCUT2D eigenvalue weighted by atomic mass is 9.95. The largest absolute Gasteiger partial charge is 0.456 e. The summed E-state index contributed by atoms with van der Waals surface area (Å²) in [6.07, 6.45) is -24.5. The third-order valence-corrected chi connectivity index (χ3v) is 4.92. The zero-order chi connectivity index (χ0) is 32.4. The number of allylic oxidation sites excluding steroid dienone is 2. The van der Waals surface area contributed by atoms with Crippen molar-refractivity contribution in [1.82, 2.24) is 10.2 Å². The number of hydrogen-bond acceptors (Lipinski definition) is 5. The Hall–Kier alpha value is -2.48. The van der Waals surface area contributed by atoms with Crippen LogP contribution in [0.2, 0.25) is 0 Å². The van der Waals surface area contributed by atoms with Crippen LogP contribution in [0.25, 0.3) is 0 Å². The second kappa shape index (κ2) is 9.53. The maximum atomic E-state index is 14.7. The fourth-order valence-electron chi connectivity index (χ4n) is 2.60. The third kappa shape index (κ3) is 5.17. The number of morpholine rings is 1. The molecule has 1 aliphatic heterocycles. The third-order valence-electron chi connectivity index (χ3n) is 4.42. The average molecular weight is 656 g/mol. The van der Waals surface area contributed by atoms with E-state index in [-0.39, 0.29) is 22.9 Å². The molecule has 0 aromatic rings. The lowest BCUT2D eigenvalue weighted by Crippen LogP contribution is -2.87. The van der Waals surface area contributed by atoms with Crippen molar-refractivity contribution in [2.75, 3.05) is 0 Å². The molecule has 1 amide bonds. The van der Waals surface area contributed by atoms with Crippen LogP contribution in [-0.2, 0) is 19.6 Å². The minimum Gasteiger partial charge on any atom is -0.329 e. The summed E-state index contributed by atoms with van der Waals surface area (Å²) in [5, 5.41) is -0.0741. The Kier molecular flexibility index (Phi) is 8.47. The van der Waals surface area contributed by atoms with Gasteiger partial charge in [0.2, 0.25) is 0 Å². The lowest BCUT2D eigenvalue weighted by molar-refractivity contribution is -0.601. The SMILES string of the molecule is O=C(N/C=C/C=C/S(=O)(=O)O)C(F)(C(F)(F)F)C(F)(F)N1C(F)(F)C(F)(C(F)(F)F)OC(F)(C(F)(F)F)C1(F)F. The van der Waals surface area contributed by atoms with E-state index in [4.69, 9.17) is 4.55 Å². The maximum Gasteiger partial charge on any atom is 0.456 e. The first-order valence-electron chi connectivity index (χ1n) is 8.73. The molecule has 1 rings (SSSR count). The van der Waals surface area contributed by atoms with E-state index in [1.807, 2.05) is 0 Å². The van der Waals surface area contributed by atoms with Gasteiger partial charge in [0.25, 0.3) is 16.0 Å². The summed E-state index contributed by atoms with van der Waals surface area (Å²) in [5.74, 6) is -20.3. The highest BCUT2D eigenvalue weighted by atomic mass is 32.2. The van der Waals surface area contributed by atoms with Crippen LogP contribution in [0.15, 0.2) is 23.8 Å². The monoisotopic (exact) mass is 656 g/mol. The Labute approximate surface area is 206 Å². The summed E-state index contributed by atoms with van der Waals surface area (Å²) in [7, 11) is -5.05. The second-order valence-corrected chi connectivity index (χ2v) is 8.38. The molecule has 3 atom stereocenters. The first kappa shape index (κ1) is 35.5. The molecule has 0 aliphatic carbocycles. The number of carbonyl (C=O) groups is 1. The molecule has 1 heterocycles. The Morgan fingerprint density at radius 1 is 0.750 bits per heavy atom.